The summed E-state index contributed by atoms with van der Waals surface area (Å²) in [5.74, 6) is 1.72. The van der Waals surface area contributed by atoms with E-state index in [1.165, 1.54) is 11.3 Å². The Kier molecular flexibility index (Phi) is 4.01. The van der Waals surface area contributed by atoms with Crippen molar-refractivity contribution in [2.75, 3.05) is 14.2 Å². The normalized spacial score (nSPS) is 32.8. The third kappa shape index (κ3) is 2.45. The fraction of sp³-hybridized carbons (Fsp3) is 0.500. The second-order valence-corrected chi connectivity index (χ2v) is 7.56. The molecule has 0 saturated heterocycles. The number of allylic oxidation sites excluding steroid dienone is 3. The molecule has 0 aromatic heterocycles. The molecule has 0 bridgehead atoms. The molecule has 3 unspecified atom stereocenters. The van der Waals surface area contributed by atoms with E-state index in [-0.39, 0.29) is 11.2 Å². The average Bonchev–Trinajstić information content (AvgIpc) is 2.93. The smallest absolute Gasteiger partial charge is 0.116 e. The van der Waals surface area contributed by atoms with Crippen molar-refractivity contribution in [2.24, 2.45) is 17.3 Å². The molecule has 1 saturated carbocycles. The van der Waals surface area contributed by atoms with Crippen LogP contribution in [0, 0.1) is 17.3 Å². The molecule has 1 aromatic carbocycles. The van der Waals surface area contributed by atoms with Crippen molar-refractivity contribution < 1.29 is 14.8 Å². The Bertz CT molecular complexity index is 742. The Morgan fingerprint density at radius 2 is 2.00 bits per heavy atom. The molecule has 25 heavy (non-hydrogen) atoms. The maximum absolute atomic E-state index is 9.93. The minimum atomic E-state index is 0.111. The van der Waals surface area contributed by atoms with Crippen molar-refractivity contribution in [1.29, 1.82) is 0 Å². The van der Waals surface area contributed by atoms with Crippen LogP contribution in [0.2, 0.25) is 0 Å². The van der Waals surface area contributed by atoms with E-state index in [2.05, 4.69) is 36.1 Å². The van der Waals surface area contributed by atoms with Gasteiger partial charge in [0.05, 0.1) is 19.9 Å². The largest absolute Gasteiger partial charge is 0.508 e. The summed E-state index contributed by atoms with van der Waals surface area (Å²) in [5, 5.41) is 9.93. The molecule has 0 aliphatic heterocycles. The number of rotatable bonds is 4. The highest BCUT2D eigenvalue weighted by Crippen LogP contribution is 2.60. The molecule has 4 rings (SSSR count). The third-order valence-corrected chi connectivity index (χ3v) is 6.42. The summed E-state index contributed by atoms with van der Waals surface area (Å²) in [6, 6.07) is 5.71. The molecule has 5 nitrogen and oxygen atoms in total. The second kappa shape index (κ2) is 6.07. The first-order valence-corrected chi connectivity index (χ1v) is 8.92. The summed E-state index contributed by atoms with van der Waals surface area (Å²) < 4.78 is 0. The highest BCUT2D eigenvalue weighted by Gasteiger charge is 2.51. The molecule has 0 spiro atoms. The topological polar surface area (TPSA) is 62.8 Å². The molecule has 3 N–H and O–H groups in total. The van der Waals surface area contributed by atoms with Crippen LogP contribution in [0.4, 0.5) is 0 Å². The zero-order chi connectivity index (χ0) is 17.6. The second-order valence-electron chi connectivity index (χ2n) is 7.56. The van der Waals surface area contributed by atoms with Crippen molar-refractivity contribution in [3.63, 3.8) is 0 Å². The Balaban J connectivity index is 1.74. The van der Waals surface area contributed by atoms with Crippen LogP contribution in [0.1, 0.15) is 43.2 Å². The summed E-state index contributed by atoms with van der Waals surface area (Å²) in [6.07, 6.45) is 7.90. The van der Waals surface area contributed by atoms with Crippen molar-refractivity contribution in [3.05, 3.63) is 47.2 Å². The number of benzene rings is 1. The molecular weight excluding hydrogens is 316 g/mol. The van der Waals surface area contributed by atoms with Gasteiger partial charge in [0.1, 0.15) is 5.75 Å². The number of hydroxylamine groups is 2. The molecule has 0 heterocycles. The van der Waals surface area contributed by atoms with Gasteiger partial charge >= 0.3 is 0 Å². The third-order valence-electron chi connectivity index (χ3n) is 6.42. The van der Waals surface area contributed by atoms with Crippen LogP contribution >= 0.6 is 0 Å². The summed E-state index contributed by atoms with van der Waals surface area (Å²) in [5.41, 5.74) is 10.8. The van der Waals surface area contributed by atoms with Gasteiger partial charge in [-0.3, -0.25) is 20.6 Å². The fourth-order valence-electron chi connectivity index (χ4n) is 5.21. The van der Waals surface area contributed by atoms with E-state index in [0.717, 1.165) is 30.5 Å². The van der Waals surface area contributed by atoms with Crippen LogP contribution in [0.3, 0.4) is 0 Å². The van der Waals surface area contributed by atoms with E-state index in [4.69, 9.17) is 9.68 Å². The Morgan fingerprint density at radius 3 is 2.76 bits per heavy atom. The molecule has 3 aliphatic carbocycles. The van der Waals surface area contributed by atoms with E-state index >= 15 is 0 Å². The van der Waals surface area contributed by atoms with Crippen LogP contribution in [0.15, 0.2) is 36.0 Å². The van der Waals surface area contributed by atoms with E-state index < -0.39 is 0 Å². The predicted octanol–water partition coefficient (Wildman–Crippen LogP) is 3.45. The molecule has 1 fully saturated rings. The molecule has 134 valence electrons. The number of phenols is 1. The molecule has 3 aliphatic rings. The lowest BCUT2D eigenvalue weighted by atomic mass is 9.56. The van der Waals surface area contributed by atoms with Crippen LogP contribution in [-0.4, -0.2) is 19.3 Å². The predicted molar refractivity (Wildman–Crippen MR) is 96.1 cm³/mol. The standard InChI is InChI=1S/C20H26N2O3/c1-20-9-8-14-13-5-4-12(23)10-16(13)18(21-24-2)11-15(14)17(20)6-7-19(20)22-25-3/h4-5,7,10-11,14-15,17,21-23H,6,8-9H2,1-3H3/t14?,15?,17?,20-/m0/s1. The van der Waals surface area contributed by atoms with Crippen LogP contribution in [-0.2, 0) is 9.68 Å². The average molecular weight is 342 g/mol. The first-order valence-electron chi connectivity index (χ1n) is 8.92. The van der Waals surface area contributed by atoms with E-state index in [1.807, 2.05) is 6.07 Å². The number of hydrogen-bond donors (Lipinski definition) is 3. The van der Waals surface area contributed by atoms with E-state index in [0.29, 0.717) is 17.8 Å². The summed E-state index contributed by atoms with van der Waals surface area (Å²) >= 11 is 0. The van der Waals surface area contributed by atoms with Gasteiger partial charge in [-0.05, 0) is 54.7 Å². The number of hydrogen-bond acceptors (Lipinski definition) is 5. The lowest BCUT2D eigenvalue weighted by Crippen LogP contribution is -2.42. The van der Waals surface area contributed by atoms with Gasteiger partial charge in [-0.25, -0.2) is 0 Å². The van der Waals surface area contributed by atoms with E-state index in [1.54, 1.807) is 20.3 Å². The highest BCUT2D eigenvalue weighted by molar-refractivity contribution is 5.71. The zero-order valence-electron chi connectivity index (χ0n) is 15.0. The number of nitrogens with one attached hydrogen (secondary N) is 2. The Morgan fingerprint density at radius 1 is 1.20 bits per heavy atom. The molecule has 0 radical (unpaired) electrons. The fourth-order valence-corrected chi connectivity index (χ4v) is 5.21. The first kappa shape index (κ1) is 16.5. The van der Waals surface area contributed by atoms with Crippen molar-refractivity contribution >= 4 is 5.70 Å². The maximum Gasteiger partial charge on any atom is 0.116 e. The quantitative estimate of drug-likeness (QED) is 0.732. The molecule has 1 aromatic rings. The Hall–Kier alpha value is -1.98. The van der Waals surface area contributed by atoms with Gasteiger partial charge in [-0.15, -0.1) is 0 Å². The minimum absolute atomic E-state index is 0.111. The van der Waals surface area contributed by atoms with Gasteiger partial charge in [-0.2, -0.15) is 0 Å². The SMILES string of the molecule is CONC1=CC2C(CC[C@]3(C)C(NOC)=CCC23)c2ccc(O)cc21. The van der Waals surface area contributed by atoms with Gasteiger partial charge < -0.3 is 5.11 Å². The first-order chi connectivity index (χ1) is 12.1. The summed E-state index contributed by atoms with van der Waals surface area (Å²) in [4.78, 5) is 10.4. The maximum atomic E-state index is 9.93. The van der Waals surface area contributed by atoms with Crippen LogP contribution in [0.5, 0.6) is 5.75 Å². The molecule has 5 heteroatoms. The van der Waals surface area contributed by atoms with Gasteiger partial charge in [0.2, 0.25) is 0 Å². The van der Waals surface area contributed by atoms with Crippen molar-refractivity contribution in [2.45, 2.75) is 32.1 Å². The highest BCUT2D eigenvalue weighted by atomic mass is 16.6. The van der Waals surface area contributed by atoms with Gasteiger partial charge in [0, 0.05) is 16.7 Å². The zero-order valence-corrected chi connectivity index (χ0v) is 15.0. The van der Waals surface area contributed by atoms with E-state index in [9.17, 15) is 5.11 Å². The van der Waals surface area contributed by atoms with Crippen molar-refractivity contribution in [1.82, 2.24) is 11.0 Å². The number of aromatic hydroxyl groups is 1. The molecule has 0 amide bonds. The Labute approximate surface area is 148 Å². The summed E-state index contributed by atoms with van der Waals surface area (Å²) in [6.45, 7) is 2.35. The van der Waals surface area contributed by atoms with Gasteiger partial charge in [-0.1, -0.05) is 25.1 Å². The number of fused-ring (bicyclic) bond motifs is 5. The monoisotopic (exact) mass is 342 g/mol. The summed E-state index contributed by atoms with van der Waals surface area (Å²) in [7, 11) is 3.30. The molecular formula is C20H26N2O3. The lowest BCUT2D eigenvalue weighted by molar-refractivity contribution is 0.0536. The minimum Gasteiger partial charge on any atom is -0.508 e. The van der Waals surface area contributed by atoms with Crippen LogP contribution in [0.25, 0.3) is 5.70 Å². The van der Waals surface area contributed by atoms with Crippen LogP contribution < -0.4 is 11.0 Å². The number of phenolic OH excluding ortho intramolecular Hbond substituents is 1. The van der Waals surface area contributed by atoms with Gasteiger partial charge in [0.25, 0.3) is 0 Å². The lowest BCUT2D eigenvalue weighted by Gasteiger charge is -2.48. The molecule has 4 atom stereocenters. The van der Waals surface area contributed by atoms with Crippen molar-refractivity contribution in [3.8, 4) is 5.75 Å². The van der Waals surface area contributed by atoms with Gasteiger partial charge in [0.15, 0.2) is 0 Å².